The third-order valence-corrected chi connectivity index (χ3v) is 5.00. The largest absolute Gasteiger partial charge is 0.416 e. The Balaban J connectivity index is 2.10. The van der Waals surface area contributed by atoms with Crippen molar-refractivity contribution in [1.82, 2.24) is 0 Å². The zero-order valence-corrected chi connectivity index (χ0v) is 14.3. The second-order valence-corrected chi connectivity index (χ2v) is 6.68. The smallest absolute Gasteiger partial charge is 0.369 e. The molecule has 0 bridgehead atoms. The Labute approximate surface area is 154 Å². The quantitative estimate of drug-likeness (QED) is 0.561. The summed E-state index contributed by atoms with van der Waals surface area (Å²) in [7, 11) is 0. The molecule has 3 rings (SSSR count). The first-order chi connectivity index (χ1) is 12.7. The van der Waals surface area contributed by atoms with Crippen LogP contribution < -0.4 is 4.90 Å². The van der Waals surface area contributed by atoms with E-state index in [0.29, 0.717) is 12.1 Å². The first-order valence-corrected chi connectivity index (χ1v) is 8.50. The molecule has 2 heterocycles. The zero-order valence-electron chi connectivity index (χ0n) is 13.5. The van der Waals surface area contributed by atoms with E-state index in [-0.39, 0.29) is 19.7 Å². The molecule has 1 unspecified atom stereocenters. The molecule has 8 nitrogen and oxygen atoms in total. The minimum atomic E-state index is -4.95. The molecule has 0 radical (unpaired) electrons. The topological polar surface area (TPSA) is 98.8 Å². The van der Waals surface area contributed by atoms with Crippen molar-refractivity contribution in [3.63, 3.8) is 0 Å². The van der Waals surface area contributed by atoms with Crippen LogP contribution in [0.5, 0.6) is 0 Å². The van der Waals surface area contributed by atoms with Crippen molar-refractivity contribution in [2.75, 3.05) is 24.6 Å². The average molecular weight is 403 g/mol. The maximum Gasteiger partial charge on any atom is 0.416 e. The van der Waals surface area contributed by atoms with E-state index in [0.717, 1.165) is 4.88 Å². The van der Waals surface area contributed by atoms with Crippen LogP contribution in [0.4, 0.5) is 30.2 Å². The average Bonchev–Trinajstić information content (AvgIpc) is 3.14. The highest BCUT2D eigenvalue weighted by molar-refractivity contribution is 7.10. The van der Waals surface area contributed by atoms with E-state index in [2.05, 4.69) is 0 Å². The van der Waals surface area contributed by atoms with Gasteiger partial charge in [-0.2, -0.15) is 13.2 Å². The normalized spacial score (nSPS) is 17.7. The lowest BCUT2D eigenvalue weighted by molar-refractivity contribution is -0.393. The Morgan fingerprint density at radius 2 is 1.81 bits per heavy atom. The van der Waals surface area contributed by atoms with E-state index in [4.69, 9.17) is 4.74 Å². The first-order valence-electron chi connectivity index (χ1n) is 7.62. The van der Waals surface area contributed by atoms with Crippen molar-refractivity contribution in [2.24, 2.45) is 0 Å². The van der Waals surface area contributed by atoms with Crippen LogP contribution in [0.15, 0.2) is 29.6 Å². The van der Waals surface area contributed by atoms with E-state index >= 15 is 0 Å². The van der Waals surface area contributed by atoms with Gasteiger partial charge < -0.3 is 9.64 Å². The summed E-state index contributed by atoms with van der Waals surface area (Å²) >= 11 is 1.39. The molecule has 1 saturated heterocycles. The summed E-state index contributed by atoms with van der Waals surface area (Å²) in [4.78, 5) is 22.9. The van der Waals surface area contributed by atoms with Crippen LogP contribution in [0.2, 0.25) is 0 Å². The van der Waals surface area contributed by atoms with Gasteiger partial charge in [0.2, 0.25) is 0 Å². The second-order valence-electron chi connectivity index (χ2n) is 5.70. The molecule has 1 atom stereocenters. The molecule has 0 aliphatic carbocycles. The van der Waals surface area contributed by atoms with Crippen molar-refractivity contribution in [3.8, 4) is 0 Å². The van der Waals surface area contributed by atoms with Gasteiger partial charge in [-0.05, 0) is 11.4 Å². The van der Waals surface area contributed by atoms with Gasteiger partial charge >= 0.3 is 6.18 Å². The standard InChI is InChI=1S/C15H12F3N3O5S/c16-15(17,18)9-6-10(20(22)23)14(11(7-9)21(24)25)19-3-4-26-12(8-19)13-2-1-5-27-13/h1-2,5-7,12H,3-4,8H2. The van der Waals surface area contributed by atoms with Gasteiger partial charge in [-0.15, -0.1) is 11.3 Å². The highest BCUT2D eigenvalue weighted by atomic mass is 32.1. The summed E-state index contributed by atoms with van der Waals surface area (Å²) in [5, 5.41) is 24.6. The molecule has 27 heavy (non-hydrogen) atoms. The van der Waals surface area contributed by atoms with Gasteiger partial charge in [0.05, 0.1) is 22.0 Å². The van der Waals surface area contributed by atoms with E-state index in [1.807, 2.05) is 0 Å². The van der Waals surface area contributed by atoms with Crippen LogP contribution in [0.25, 0.3) is 0 Å². The molecule has 12 heteroatoms. The Morgan fingerprint density at radius 3 is 2.30 bits per heavy atom. The van der Waals surface area contributed by atoms with Gasteiger partial charge in [0.1, 0.15) is 6.10 Å². The number of alkyl halides is 3. The number of rotatable bonds is 4. The molecule has 1 fully saturated rings. The summed E-state index contributed by atoms with van der Waals surface area (Å²) in [6.45, 7) is 0.250. The van der Waals surface area contributed by atoms with Gasteiger partial charge in [-0.3, -0.25) is 20.2 Å². The summed E-state index contributed by atoms with van der Waals surface area (Å²) in [6.07, 6.45) is -5.43. The molecule has 0 spiro atoms. The molecule has 0 saturated carbocycles. The number of anilines is 1. The third kappa shape index (κ3) is 3.85. The predicted octanol–water partition coefficient (Wildman–Crippen LogP) is 4.16. The van der Waals surface area contributed by atoms with Crippen LogP contribution in [-0.2, 0) is 10.9 Å². The number of hydrogen-bond donors (Lipinski definition) is 0. The number of nitrogens with zero attached hydrogens (tertiary/aromatic N) is 3. The van der Waals surface area contributed by atoms with E-state index in [9.17, 15) is 33.4 Å². The SMILES string of the molecule is O=[N+]([O-])c1cc(C(F)(F)F)cc([N+](=O)[O-])c1N1CCOC(c2cccs2)C1. The molecule has 1 aliphatic rings. The van der Waals surface area contributed by atoms with Gasteiger partial charge in [0, 0.05) is 30.1 Å². The minimum Gasteiger partial charge on any atom is -0.369 e. The van der Waals surface area contributed by atoms with Gasteiger partial charge in [-0.25, -0.2) is 0 Å². The summed E-state index contributed by atoms with van der Waals surface area (Å²) in [5.41, 5.74) is -3.79. The predicted molar refractivity (Wildman–Crippen MR) is 90.0 cm³/mol. The summed E-state index contributed by atoms with van der Waals surface area (Å²) in [6, 6.07) is 4.23. The molecular formula is C15H12F3N3O5S. The van der Waals surface area contributed by atoms with Crippen molar-refractivity contribution < 1.29 is 27.8 Å². The van der Waals surface area contributed by atoms with Crippen molar-refractivity contribution in [3.05, 3.63) is 60.3 Å². The van der Waals surface area contributed by atoms with Crippen molar-refractivity contribution in [2.45, 2.75) is 12.3 Å². The monoisotopic (exact) mass is 403 g/mol. The van der Waals surface area contributed by atoms with Gasteiger partial charge in [0.15, 0.2) is 5.69 Å². The van der Waals surface area contributed by atoms with Crippen LogP contribution in [0.1, 0.15) is 16.5 Å². The number of thiophene rings is 1. The molecule has 0 N–H and O–H groups in total. The molecule has 2 aromatic rings. The van der Waals surface area contributed by atoms with E-state index < -0.39 is 44.8 Å². The number of ether oxygens (including phenoxy) is 1. The van der Waals surface area contributed by atoms with Crippen LogP contribution in [-0.4, -0.2) is 29.5 Å². The number of nitro benzene ring substituents is 2. The van der Waals surface area contributed by atoms with E-state index in [1.165, 1.54) is 16.2 Å². The lowest BCUT2D eigenvalue weighted by atomic mass is 10.1. The lowest BCUT2D eigenvalue weighted by Gasteiger charge is -2.33. The summed E-state index contributed by atoms with van der Waals surface area (Å²) < 4.78 is 44.7. The first kappa shape index (κ1) is 19.0. The molecule has 144 valence electrons. The maximum absolute atomic E-state index is 13.0. The number of benzene rings is 1. The van der Waals surface area contributed by atoms with Crippen molar-refractivity contribution >= 4 is 28.4 Å². The zero-order chi connectivity index (χ0) is 19.8. The molecule has 1 aromatic carbocycles. The lowest BCUT2D eigenvalue weighted by Crippen LogP contribution is -2.38. The maximum atomic E-state index is 13.0. The number of morpholine rings is 1. The fraction of sp³-hybridized carbons (Fsp3) is 0.333. The third-order valence-electron chi connectivity index (χ3n) is 4.03. The van der Waals surface area contributed by atoms with Crippen LogP contribution in [0.3, 0.4) is 0 Å². The number of hydrogen-bond acceptors (Lipinski definition) is 7. The van der Waals surface area contributed by atoms with Gasteiger partial charge in [0.25, 0.3) is 11.4 Å². The Hall–Kier alpha value is -2.73. The van der Waals surface area contributed by atoms with Crippen LogP contribution in [0, 0.1) is 20.2 Å². The van der Waals surface area contributed by atoms with Gasteiger partial charge in [-0.1, -0.05) is 6.07 Å². The number of halogens is 3. The highest BCUT2D eigenvalue weighted by Gasteiger charge is 2.40. The molecule has 1 aromatic heterocycles. The molecular weight excluding hydrogens is 391 g/mol. The Bertz CT molecular complexity index is 837. The van der Waals surface area contributed by atoms with Crippen LogP contribution >= 0.6 is 11.3 Å². The fourth-order valence-electron chi connectivity index (χ4n) is 2.87. The molecule has 1 aliphatic heterocycles. The Kier molecular flexibility index (Phi) is 5.02. The summed E-state index contributed by atoms with van der Waals surface area (Å²) in [5.74, 6) is 0. The number of nitro groups is 2. The van der Waals surface area contributed by atoms with Crippen molar-refractivity contribution in [1.29, 1.82) is 0 Å². The van der Waals surface area contributed by atoms with E-state index in [1.54, 1.807) is 17.5 Å². The second kappa shape index (κ2) is 7.12. The highest BCUT2D eigenvalue weighted by Crippen LogP contribution is 2.44. The fourth-order valence-corrected chi connectivity index (χ4v) is 3.63. The minimum absolute atomic E-state index is 0.0492. The Morgan fingerprint density at radius 1 is 1.19 bits per heavy atom. The molecule has 0 amide bonds.